The van der Waals surface area contributed by atoms with Gasteiger partial charge in [0.1, 0.15) is 13.2 Å². The van der Waals surface area contributed by atoms with Crippen LogP contribution in [-0.4, -0.2) is 34.4 Å². The molecule has 6 nitrogen and oxygen atoms in total. The number of carbonyl (C=O) groups excluding carboxylic acids is 1. The number of amides is 1. The van der Waals surface area contributed by atoms with E-state index in [1.54, 1.807) is 6.20 Å². The van der Waals surface area contributed by atoms with Crippen LogP contribution in [0, 0.1) is 6.92 Å². The summed E-state index contributed by atoms with van der Waals surface area (Å²) >= 11 is 1.41. The highest BCUT2D eigenvalue weighted by atomic mass is 32.2. The molecule has 1 aliphatic heterocycles. The molecule has 0 atom stereocenters. The molecule has 3 aromatic rings. The Bertz CT molecular complexity index is 987. The maximum atomic E-state index is 12.4. The van der Waals surface area contributed by atoms with E-state index in [-0.39, 0.29) is 11.7 Å². The normalized spacial score (nSPS) is 12.6. The van der Waals surface area contributed by atoms with E-state index in [0.29, 0.717) is 19.8 Å². The molecule has 28 heavy (non-hydrogen) atoms. The zero-order valence-corrected chi connectivity index (χ0v) is 16.4. The predicted octanol–water partition coefficient (Wildman–Crippen LogP) is 3.36. The third kappa shape index (κ3) is 3.99. The molecule has 1 N–H and O–H groups in total. The molecule has 0 unspecified atom stereocenters. The molecule has 1 aromatic heterocycles. The summed E-state index contributed by atoms with van der Waals surface area (Å²) in [6, 6.07) is 13.8. The number of hydrogen-bond donors (Lipinski definition) is 1. The van der Waals surface area contributed by atoms with Gasteiger partial charge in [0.05, 0.1) is 11.4 Å². The summed E-state index contributed by atoms with van der Waals surface area (Å²) < 4.78 is 13.3. The standard InChI is InChI=1S/C21H21N3O3S/c1-15-5-2-3-7-17(15)24-10-9-22-21(24)28-14-19(25)23-13-16-6-4-8-18-20(16)27-12-11-26-18/h2-10H,11-14H2,1H3,(H,23,25). The quantitative estimate of drug-likeness (QED) is 0.649. The lowest BCUT2D eigenvalue weighted by atomic mass is 10.1. The van der Waals surface area contributed by atoms with Gasteiger partial charge in [0.2, 0.25) is 5.91 Å². The van der Waals surface area contributed by atoms with Gasteiger partial charge in [-0.15, -0.1) is 0 Å². The molecule has 4 rings (SSSR count). The number of aryl methyl sites for hydroxylation is 1. The Morgan fingerprint density at radius 2 is 2.04 bits per heavy atom. The fraction of sp³-hybridized carbons (Fsp3) is 0.238. The number of ether oxygens (including phenoxy) is 2. The van der Waals surface area contributed by atoms with Gasteiger partial charge >= 0.3 is 0 Å². The number of nitrogens with one attached hydrogen (secondary N) is 1. The summed E-state index contributed by atoms with van der Waals surface area (Å²) in [7, 11) is 0. The molecule has 1 aliphatic rings. The van der Waals surface area contributed by atoms with Crippen LogP contribution in [0.4, 0.5) is 0 Å². The number of thioether (sulfide) groups is 1. The van der Waals surface area contributed by atoms with Crippen molar-refractivity contribution in [1.29, 1.82) is 0 Å². The summed E-state index contributed by atoms with van der Waals surface area (Å²) in [6.07, 6.45) is 3.66. The summed E-state index contributed by atoms with van der Waals surface area (Å²) in [6.45, 7) is 3.53. The Morgan fingerprint density at radius 1 is 1.18 bits per heavy atom. The van der Waals surface area contributed by atoms with Crippen molar-refractivity contribution in [2.45, 2.75) is 18.6 Å². The van der Waals surface area contributed by atoms with E-state index < -0.39 is 0 Å². The van der Waals surface area contributed by atoms with Gasteiger partial charge in [-0.2, -0.15) is 0 Å². The minimum absolute atomic E-state index is 0.0568. The minimum Gasteiger partial charge on any atom is -0.486 e. The maximum absolute atomic E-state index is 12.4. The average molecular weight is 395 g/mol. The van der Waals surface area contributed by atoms with Gasteiger partial charge < -0.3 is 14.8 Å². The van der Waals surface area contributed by atoms with E-state index in [4.69, 9.17) is 9.47 Å². The van der Waals surface area contributed by atoms with Crippen LogP contribution in [0.25, 0.3) is 5.69 Å². The van der Waals surface area contributed by atoms with Crippen LogP contribution in [-0.2, 0) is 11.3 Å². The number of aromatic nitrogens is 2. The van der Waals surface area contributed by atoms with Crippen LogP contribution in [0.1, 0.15) is 11.1 Å². The number of para-hydroxylation sites is 2. The second kappa shape index (κ2) is 8.39. The molecule has 1 amide bonds. The molecule has 2 aromatic carbocycles. The van der Waals surface area contributed by atoms with Crippen LogP contribution in [0.2, 0.25) is 0 Å². The van der Waals surface area contributed by atoms with Gasteiger partial charge in [0, 0.05) is 24.5 Å². The highest BCUT2D eigenvalue weighted by Gasteiger charge is 2.16. The monoisotopic (exact) mass is 395 g/mol. The second-order valence-corrected chi connectivity index (χ2v) is 7.32. The Morgan fingerprint density at radius 3 is 2.93 bits per heavy atom. The summed E-state index contributed by atoms with van der Waals surface area (Å²) in [5.74, 6) is 1.68. The van der Waals surface area contributed by atoms with Crippen LogP contribution in [0.15, 0.2) is 60.0 Å². The predicted molar refractivity (Wildman–Crippen MR) is 108 cm³/mol. The average Bonchev–Trinajstić information content (AvgIpc) is 3.19. The molecule has 144 valence electrons. The summed E-state index contributed by atoms with van der Waals surface area (Å²) in [5.41, 5.74) is 3.14. The molecule has 0 radical (unpaired) electrons. The van der Waals surface area contributed by atoms with Crippen LogP contribution in [0.5, 0.6) is 11.5 Å². The largest absolute Gasteiger partial charge is 0.486 e. The van der Waals surface area contributed by atoms with Gasteiger partial charge in [-0.3, -0.25) is 9.36 Å². The lowest BCUT2D eigenvalue weighted by Crippen LogP contribution is -2.26. The zero-order chi connectivity index (χ0) is 19.3. The minimum atomic E-state index is -0.0568. The van der Waals surface area contributed by atoms with Crippen molar-refractivity contribution in [3.05, 3.63) is 66.0 Å². The van der Waals surface area contributed by atoms with E-state index in [0.717, 1.165) is 33.5 Å². The van der Waals surface area contributed by atoms with E-state index in [1.165, 1.54) is 11.8 Å². The molecule has 0 bridgehead atoms. The molecular formula is C21H21N3O3S. The maximum Gasteiger partial charge on any atom is 0.230 e. The Kier molecular flexibility index (Phi) is 5.53. The Labute approximate surface area is 167 Å². The summed E-state index contributed by atoms with van der Waals surface area (Å²) in [5, 5.41) is 3.74. The fourth-order valence-electron chi connectivity index (χ4n) is 3.06. The Hall–Kier alpha value is -2.93. The third-order valence-corrected chi connectivity index (χ3v) is 5.40. The number of benzene rings is 2. The van der Waals surface area contributed by atoms with Gasteiger partial charge in [0.15, 0.2) is 16.7 Å². The number of rotatable bonds is 6. The first-order chi connectivity index (χ1) is 13.7. The van der Waals surface area contributed by atoms with Crippen molar-refractivity contribution in [3.8, 4) is 17.2 Å². The van der Waals surface area contributed by atoms with E-state index in [2.05, 4.69) is 23.3 Å². The molecule has 0 saturated carbocycles. The van der Waals surface area contributed by atoms with Crippen molar-refractivity contribution in [2.75, 3.05) is 19.0 Å². The SMILES string of the molecule is Cc1ccccc1-n1ccnc1SCC(=O)NCc1cccc2c1OCCO2. The van der Waals surface area contributed by atoms with E-state index in [1.807, 2.05) is 47.2 Å². The fourth-order valence-corrected chi connectivity index (χ4v) is 3.86. The number of fused-ring (bicyclic) bond motifs is 1. The first-order valence-electron chi connectivity index (χ1n) is 9.09. The molecule has 0 aliphatic carbocycles. The van der Waals surface area contributed by atoms with Crippen LogP contribution < -0.4 is 14.8 Å². The lowest BCUT2D eigenvalue weighted by Gasteiger charge is -2.21. The van der Waals surface area contributed by atoms with Gasteiger partial charge in [-0.05, 0) is 24.6 Å². The molecule has 0 spiro atoms. The van der Waals surface area contributed by atoms with E-state index >= 15 is 0 Å². The zero-order valence-electron chi connectivity index (χ0n) is 15.6. The van der Waals surface area contributed by atoms with Gasteiger partial charge in [-0.1, -0.05) is 42.1 Å². The smallest absolute Gasteiger partial charge is 0.230 e. The van der Waals surface area contributed by atoms with Crippen molar-refractivity contribution in [3.63, 3.8) is 0 Å². The second-order valence-electron chi connectivity index (χ2n) is 6.37. The highest BCUT2D eigenvalue weighted by Crippen LogP contribution is 2.33. The number of carbonyl (C=O) groups is 1. The van der Waals surface area contributed by atoms with Crippen molar-refractivity contribution in [2.24, 2.45) is 0 Å². The number of hydrogen-bond acceptors (Lipinski definition) is 5. The van der Waals surface area contributed by atoms with Gasteiger partial charge in [-0.25, -0.2) is 4.98 Å². The topological polar surface area (TPSA) is 65.4 Å². The molecule has 0 saturated heterocycles. The molecule has 7 heteroatoms. The number of nitrogens with zero attached hydrogens (tertiary/aromatic N) is 2. The van der Waals surface area contributed by atoms with Gasteiger partial charge in [0.25, 0.3) is 0 Å². The first-order valence-corrected chi connectivity index (χ1v) is 10.1. The number of imidazole rings is 1. The molecule has 2 heterocycles. The first kappa shape index (κ1) is 18.4. The third-order valence-electron chi connectivity index (χ3n) is 4.44. The summed E-state index contributed by atoms with van der Waals surface area (Å²) in [4.78, 5) is 16.7. The molecule has 0 fully saturated rings. The van der Waals surface area contributed by atoms with Crippen molar-refractivity contribution in [1.82, 2.24) is 14.9 Å². The van der Waals surface area contributed by atoms with E-state index in [9.17, 15) is 4.79 Å². The molecular weight excluding hydrogens is 374 g/mol. The highest BCUT2D eigenvalue weighted by molar-refractivity contribution is 7.99. The van der Waals surface area contributed by atoms with Crippen molar-refractivity contribution >= 4 is 17.7 Å². The van der Waals surface area contributed by atoms with Crippen LogP contribution in [0.3, 0.4) is 0 Å². The Balaban J connectivity index is 1.36. The lowest BCUT2D eigenvalue weighted by molar-refractivity contribution is -0.118. The van der Waals surface area contributed by atoms with Crippen molar-refractivity contribution < 1.29 is 14.3 Å². The van der Waals surface area contributed by atoms with Crippen LogP contribution >= 0.6 is 11.8 Å².